The van der Waals surface area contributed by atoms with Gasteiger partial charge in [-0.05, 0) is 52.8 Å². The van der Waals surface area contributed by atoms with Gasteiger partial charge in [0.05, 0.1) is 32.8 Å². The first-order valence-corrected chi connectivity index (χ1v) is 16.2. The maximum atomic E-state index is 6.72. The van der Waals surface area contributed by atoms with E-state index in [9.17, 15) is 0 Å². The Balaban J connectivity index is 1.33. The van der Waals surface area contributed by atoms with E-state index in [0.717, 1.165) is 33.1 Å². The summed E-state index contributed by atoms with van der Waals surface area (Å²) >= 11 is 0. The summed E-state index contributed by atoms with van der Waals surface area (Å²) in [7, 11) is 0. The molecule has 0 spiro atoms. The van der Waals surface area contributed by atoms with Crippen LogP contribution in [0.3, 0.4) is 0 Å². The summed E-state index contributed by atoms with van der Waals surface area (Å²) in [5.74, 6) is 0. The summed E-state index contributed by atoms with van der Waals surface area (Å²) in [4.78, 5) is 0. The van der Waals surface area contributed by atoms with Crippen LogP contribution in [0.25, 0.3) is 98.9 Å². The Morgan fingerprint density at radius 3 is 1.38 bits per heavy atom. The Kier molecular flexibility index (Phi) is 3.75. The molecule has 0 radical (unpaired) electrons. The number of benzene rings is 7. The molecular weight excluding hydrogens is 575 g/mol. The van der Waals surface area contributed by atoms with E-state index < -0.39 is 0 Å². The maximum Gasteiger partial charge on any atom is 0.252 e. The molecule has 0 bridgehead atoms. The third kappa shape index (κ3) is 2.47. The normalized spacial score (nSPS) is 13.5. The van der Waals surface area contributed by atoms with E-state index in [-0.39, 0.29) is 6.71 Å². The van der Waals surface area contributed by atoms with Crippen molar-refractivity contribution in [1.82, 2.24) is 9.13 Å². The van der Waals surface area contributed by atoms with Crippen LogP contribution in [0.4, 0.5) is 0 Å². The summed E-state index contributed by atoms with van der Waals surface area (Å²) < 4.78 is 18.5. The van der Waals surface area contributed by atoms with E-state index in [4.69, 9.17) is 8.83 Å². The molecule has 2 aliphatic heterocycles. The van der Waals surface area contributed by atoms with Crippen LogP contribution in [-0.4, -0.2) is 15.8 Å². The van der Waals surface area contributed by atoms with Crippen molar-refractivity contribution in [3.8, 4) is 11.4 Å². The summed E-state index contributed by atoms with van der Waals surface area (Å²) in [5, 5.41) is 9.47. The highest BCUT2D eigenvalue weighted by Gasteiger charge is 2.42. The molecule has 0 saturated carbocycles. The topological polar surface area (TPSA) is 36.1 Å². The molecule has 0 saturated heterocycles. The smallest absolute Gasteiger partial charge is 0.252 e. The first-order chi connectivity index (χ1) is 23.3. The Morgan fingerprint density at radius 1 is 0.426 bits per heavy atom. The number of furan rings is 2. The Morgan fingerprint density at radius 2 is 0.872 bits per heavy atom. The quantitative estimate of drug-likeness (QED) is 0.164. The minimum Gasteiger partial charge on any atom is -0.455 e. The molecule has 6 heterocycles. The monoisotopic (exact) mass is 596 g/mol. The number of rotatable bonds is 0. The van der Waals surface area contributed by atoms with Crippen molar-refractivity contribution in [3.05, 3.63) is 127 Å². The predicted molar refractivity (Wildman–Crippen MR) is 194 cm³/mol. The fourth-order valence-corrected chi connectivity index (χ4v) is 9.37. The van der Waals surface area contributed by atoms with E-state index in [1.807, 2.05) is 0 Å². The van der Waals surface area contributed by atoms with Crippen LogP contribution in [0.5, 0.6) is 0 Å². The van der Waals surface area contributed by atoms with Crippen molar-refractivity contribution >= 4 is 111 Å². The molecular formula is C42H21BN2O2. The van der Waals surface area contributed by atoms with Crippen molar-refractivity contribution in [1.29, 1.82) is 0 Å². The Labute approximate surface area is 266 Å². The molecule has 0 fully saturated rings. The van der Waals surface area contributed by atoms with Gasteiger partial charge in [-0.15, -0.1) is 0 Å². The first kappa shape index (κ1) is 23.2. The number of nitrogens with zero attached hydrogens (tertiary/aromatic N) is 2. The lowest BCUT2D eigenvalue weighted by Gasteiger charge is -2.33. The standard InChI is InChI=1S/C42H21BN2O2/c1-5-14-30-24(12-1)36-39-28(20-26-22-10-3-7-18-34(22)46-41(26)36)43-29-21-27-23-11-4-8-19-35(23)47-42(27)37-25-13-2-6-15-31(25)45(40(29)37)33-17-9-16-32(38(33)43)44(30)39/h1-21H. The molecule has 214 valence electrons. The molecule has 0 amide bonds. The fraction of sp³-hybridized carbons (Fsp3) is 0. The predicted octanol–water partition coefficient (Wildman–Crippen LogP) is 8.82. The summed E-state index contributed by atoms with van der Waals surface area (Å²) in [6.07, 6.45) is 0. The van der Waals surface area contributed by atoms with E-state index >= 15 is 0 Å². The molecule has 5 heteroatoms. The molecule has 4 aromatic heterocycles. The zero-order valence-electron chi connectivity index (χ0n) is 24.9. The minimum absolute atomic E-state index is 0.0240. The molecule has 7 aromatic carbocycles. The Hall–Kier alpha value is -6.20. The van der Waals surface area contributed by atoms with Gasteiger partial charge in [0.2, 0.25) is 0 Å². The Bertz CT molecular complexity index is 3050. The van der Waals surface area contributed by atoms with Crippen molar-refractivity contribution < 1.29 is 8.83 Å². The molecule has 13 rings (SSSR count). The van der Waals surface area contributed by atoms with Crippen molar-refractivity contribution in [2.75, 3.05) is 0 Å². The number of aromatic nitrogens is 2. The highest BCUT2D eigenvalue weighted by Crippen LogP contribution is 2.45. The van der Waals surface area contributed by atoms with Crippen molar-refractivity contribution in [2.24, 2.45) is 0 Å². The van der Waals surface area contributed by atoms with Gasteiger partial charge in [0.1, 0.15) is 22.3 Å². The van der Waals surface area contributed by atoms with E-state index in [1.165, 1.54) is 82.1 Å². The second-order valence-electron chi connectivity index (χ2n) is 13.2. The molecule has 0 atom stereocenters. The second kappa shape index (κ2) is 7.60. The van der Waals surface area contributed by atoms with Gasteiger partial charge in [-0.3, -0.25) is 0 Å². The number of hydrogen-bond donors (Lipinski definition) is 0. The molecule has 2 aliphatic rings. The lowest BCUT2D eigenvalue weighted by atomic mass is 9.34. The highest BCUT2D eigenvalue weighted by molar-refractivity contribution is 7.00. The van der Waals surface area contributed by atoms with E-state index in [2.05, 4.69) is 137 Å². The van der Waals surface area contributed by atoms with Crippen LogP contribution < -0.4 is 16.4 Å². The zero-order valence-corrected chi connectivity index (χ0v) is 24.9. The van der Waals surface area contributed by atoms with Gasteiger partial charge in [0.15, 0.2) is 0 Å². The third-order valence-electron chi connectivity index (χ3n) is 11.1. The SMILES string of the molecule is c1cc2c3c(c1)-n1c4ccccc4c4c5oc6ccccc6c5cc(c41)B3c1cc3c4ccccc4oc3c3c4ccccc4n-2c13. The van der Waals surface area contributed by atoms with Crippen molar-refractivity contribution in [2.45, 2.75) is 0 Å². The van der Waals surface area contributed by atoms with Gasteiger partial charge in [-0.1, -0.05) is 91.0 Å². The van der Waals surface area contributed by atoms with Gasteiger partial charge in [0.25, 0.3) is 6.71 Å². The zero-order chi connectivity index (χ0) is 30.1. The summed E-state index contributed by atoms with van der Waals surface area (Å²) in [6, 6.07) is 46.3. The van der Waals surface area contributed by atoms with Gasteiger partial charge < -0.3 is 18.0 Å². The third-order valence-corrected chi connectivity index (χ3v) is 11.1. The van der Waals surface area contributed by atoms with Gasteiger partial charge in [-0.25, -0.2) is 0 Å². The largest absolute Gasteiger partial charge is 0.455 e. The number of fused-ring (bicyclic) bond motifs is 18. The van der Waals surface area contributed by atoms with E-state index in [1.54, 1.807) is 0 Å². The summed E-state index contributed by atoms with van der Waals surface area (Å²) in [6.45, 7) is 0.0240. The first-order valence-electron chi connectivity index (χ1n) is 16.2. The molecule has 4 nitrogen and oxygen atoms in total. The number of para-hydroxylation sites is 4. The van der Waals surface area contributed by atoms with Gasteiger partial charge in [0, 0.05) is 43.7 Å². The average molecular weight is 596 g/mol. The molecule has 11 aromatic rings. The molecule has 0 unspecified atom stereocenters. The maximum absolute atomic E-state index is 6.72. The van der Waals surface area contributed by atoms with Crippen molar-refractivity contribution in [3.63, 3.8) is 0 Å². The molecule has 0 aliphatic carbocycles. The molecule has 0 N–H and O–H groups in total. The summed E-state index contributed by atoms with van der Waals surface area (Å²) in [5.41, 5.74) is 15.1. The van der Waals surface area contributed by atoms with Crippen LogP contribution >= 0.6 is 0 Å². The van der Waals surface area contributed by atoms with Crippen LogP contribution in [0.15, 0.2) is 136 Å². The average Bonchev–Trinajstić information content (AvgIpc) is 3.87. The number of hydrogen-bond acceptors (Lipinski definition) is 2. The lowest BCUT2D eigenvalue weighted by Crippen LogP contribution is -2.59. The van der Waals surface area contributed by atoms with Crippen LogP contribution in [0.1, 0.15) is 0 Å². The molecule has 47 heavy (non-hydrogen) atoms. The lowest BCUT2D eigenvalue weighted by molar-refractivity contribution is 0.672. The van der Waals surface area contributed by atoms with Gasteiger partial charge in [-0.2, -0.15) is 0 Å². The van der Waals surface area contributed by atoms with Gasteiger partial charge >= 0.3 is 0 Å². The van der Waals surface area contributed by atoms with Crippen LogP contribution in [0.2, 0.25) is 0 Å². The van der Waals surface area contributed by atoms with Crippen LogP contribution in [-0.2, 0) is 0 Å². The highest BCUT2D eigenvalue weighted by atomic mass is 16.3. The second-order valence-corrected chi connectivity index (χ2v) is 13.2. The minimum atomic E-state index is 0.0240. The van der Waals surface area contributed by atoms with E-state index in [0.29, 0.717) is 0 Å². The van der Waals surface area contributed by atoms with Crippen LogP contribution in [0, 0.1) is 0 Å². The fourth-order valence-electron chi connectivity index (χ4n) is 9.37.